The highest BCUT2D eigenvalue weighted by Crippen LogP contribution is 2.38. The standard InChI is InChI=1S/C21H15FO3/c22-16-8-4-12(5-9-16)10-15-7-6-14-11-13-2-1-3-17(23)18(13)21(25)19(14)20(15)24/h1-9,23-24H,10-11H2. The third-order valence-corrected chi connectivity index (χ3v) is 4.62. The number of rotatable bonds is 2. The van der Waals surface area contributed by atoms with Gasteiger partial charge in [0.15, 0.2) is 0 Å². The number of hydrogen-bond donors (Lipinski definition) is 2. The molecule has 0 atom stereocenters. The van der Waals surface area contributed by atoms with Gasteiger partial charge >= 0.3 is 0 Å². The van der Waals surface area contributed by atoms with E-state index < -0.39 is 0 Å². The molecule has 0 radical (unpaired) electrons. The van der Waals surface area contributed by atoms with Crippen molar-refractivity contribution in [1.29, 1.82) is 0 Å². The van der Waals surface area contributed by atoms with Gasteiger partial charge in [0.1, 0.15) is 17.3 Å². The van der Waals surface area contributed by atoms with Crippen molar-refractivity contribution in [3.8, 4) is 11.5 Å². The number of fused-ring (bicyclic) bond motifs is 2. The van der Waals surface area contributed by atoms with Gasteiger partial charge in [-0.3, -0.25) is 4.79 Å². The second kappa shape index (κ2) is 5.74. The Hall–Kier alpha value is -3.14. The summed E-state index contributed by atoms with van der Waals surface area (Å²) >= 11 is 0. The van der Waals surface area contributed by atoms with Crippen LogP contribution in [0.1, 0.15) is 38.2 Å². The summed E-state index contributed by atoms with van der Waals surface area (Å²) in [5.41, 5.74) is 3.42. The summed E-state index contributed by atoms with van der Waals surface area (Å²) in [6.45, 7) is 0. The van der Waals surface area contributed by atoms with Crippen molar-refractivity contribution in [2.24, 2.45) is 0 Å². The smallest absolute Gasteiger partial charge is 0.201 e. The van der Waals surface area contributed by atoms with Gasteiger partial charge in [0, 0.05) is 6.42 Å². The van der Waals surface area contributed by atoms with E-state index >= 15 is 0 Å². The van der Waals surface area contributed by atoms with Crippen molar-refractivity contribution in [2.45, 2.75) is 12.8 Å². The highest BCUT2D eigenvalue weighted by Gasteiger charge is 2.29. The average Bonchev–Trinajstić information content (AvgIpc) is 2.59. The molecule has 0 unspecified atom stereocenters. The van der Waals surface area contributed by atoms with E-state index in [1.54, 1.807) is 30.3 Å². The highest BCUT2D eigenvalue weighted by atomic mass is 19.1. The van der Waals surface area contributed by atoms with Crippen LogP contribution >= 0.6 is 0 Å². The Labute approximate surface area is 144 Å². The van der Waals surface area contributed by atoms with Gasteiger partial charge in [-0.2, -0.15) is 0 Å². The van der Waals surface area contributed by atoms with Crippen molar-refractivity contribution >= 4 is 5.78 Å². The molecule has 124 valence electrons. The van der Waals surface area contributed by atoms with Crippen molar-refractivity contribution in [1.82, 2.24) is 0 Å². The summed E-state index contributed by atoms with van der Waals surface area (Å²) in [6.07, 6.45) is 0.871. The van der Waals surface area contributed by atoms with E-state index in [0.717, 1.165) is 16.7 Å². The molecule has 4 rings (SSSR count). The number of carbonyl (C=O) groups excluding carboxylic acids is 1. The molecule has 3 nitrogen and oxygen atoms in total. The largest absolute Gasteiger partial charge is 0.507 e. The third kappa shape index (κ3) is 2.56. The molecule has 0 amide bonds. The Morgan fingerprint density at radius 3 is 2.36 bits per heavy atom. The van der Waals surface area contributed by atoms with Crippen LogP contribution in [-0.4, -0.2) is 16.0 Å². The fourth-order valence-electron chi connectivity index (χ4n) is 3.37. The van der Waals surface area contributed by atoms with Crippen LogP contribution in [0.2, 0.25) is 0 Å². The lowest BCUT2D eigenvalue weighted by Crippen LogP contribution is -2.16. The van der Waals surface area contributed by atoms with Crippen molar-refractivity contribution in [3.63, 3.8) is 0 Å². The number of halogens is 1. The van der Waals surface area contributed by atoms with Crippen molar-refractivity contribution in [3.05, 3.63) is 93.8 Å². The lowest BCUT2D eigenvalue weighted by atomic mass is 9.82. The van der Waals surface area contributed by atoms with Gasteiger partial charge in [0.2, 0.25) is 5.78 Å². The molecule has 3 aromatic carbocycles. The van der Waals surface area contributed by atoms with Gasteiger partial charge in [-0.15, -0.1) is 0 Å². The van der Waals surface area contributed by atoms with E-state index in [9.17, 15) is 19.4 Å². The molecule has 3 aromatic rings. The first-order valence-electron chi connectivity index (χ1n) is 7.98. The normalized spacial score (nSPS) is 12.6. The molecule has 0 aromatic heterocycles. The minimum Gasteiger partial charge on any atom is -0.507 e. The predicted octanol–water partition coefficient (Wildman–Crippen LogP) is 3.96. The van der Waals surface area contributed by atoms with Gasteiger partial charge in [0.05, 0.1) is 11.1 Å². The fourth-order valence-corrected chi connectivity index (χ4v) is 3.37. The Kier molecular flexibility index (Phi) is 3.53. The van der Waals surface area contributed by atoms with Crippen LogP contribution in [-0.2, 0) is 12.8 Å². The molecule has 1 aliphatic rings. The quantitative estimate of drug-likeness (QED) is 0.583. The Morgan fingerprint density at radius 1 is 0.880 bits per heavy atom. The molecule has 4 heteroatoms. The van der Waals surface area contributed by atoms with Gasteiger partial charge in [-0.25, -0.2) is 4.39 Å². The van der Waals surface area contributed by atoms with Crippen LogP contribution in [0.15, 0.2) is 54.6 Å². The van der Waals surface area contributed by atoms with Gasteiger partial charge in [0.25, 0.3) is 0 Å². The zero-order chi connectivity index (χ0) is 17.6. The Bertz CT molecular complexity index is 991. The second-order valence-electron chi connectivity index (χ2n) is 6.23. The first-order valence-corrected chi connectivity index (χ1v) is 7.98. The molecule has 25 heavy (non-hydrogen) atoms. The molecule has 0 saturated heterocycles. The van der Waals surface area contributed by atoms with Crippen LogP contribution < -0.4 is 0 Å². The van der Waals surface area contributed by atoms with E-state index in [0.29, 0.717) is 18.4 Å². The minimum absolute atomic E-state index is 0.0688. The summed E-state index contributed by atoms with van der Waals surface area (Å²) in [5.74, 6) is -0.828. The SMILES string of the molecule is O=C1c2c(O)cccc2Cc2ccc(Cc3ccc(F)cc3)c(O)c21. The van der Waals surface area contributed by atoms with E-state index in [-0.39, 0.29) is 34.2 Å². The predicted molar refractivity (Wildman–Crippen MR) is 91.7 cm³/mol. The highest BCUT2D eigenvalue weighted by molar-refractivity contribution is 6.15. The fraction of sp³-hybridized carbons (Fsp3) is 0.0952. The van der Waals surface area contributed by atoms with Crippen LogP contribution in [0.4, 0.5) is 4.39 Å². The molecule has 0 saturated carbocycles. The maximum Gasteiger partial charge on any atom is 0.201 e. The summed E-state index contributed by atoms with van der Waals surface area (Å²) in [7, 11) is 0. The molecular formula is C21H15FO3. The van der Waals surface area contributed by atoms with Gasteiger partial charge < -0.3 is 10.2 Å². The number of phenolic OH excluding ortho intramolecular Hbond substituents is 2. The van der Waals surface area contributed by atoms with Crippen LogP contribution in [0.3, 0.4) is 0 Å². The summed E-state index contributed by atoms with van der Waals surface area (Å²) in [4.78, 5) is 12.8. The number of ketones is 1. The maximum absolute atomic E-state index is 13.0. The summed E-state index contributed by atoms with van der Waals surface area (Å²) < 4.78 is 13.0. The van der Waals surface area contributed by atoms with Crippen LogP contribution in [0.25, 0.3) is 0 Å². The minimum atomic E-state index is -0.368. The topological polar surface area (TPSA) is 57.5 Å². The Morgan fingerprint density at radius 2 is 1.60 bits per heavy atom. The maximum atomic E-state index is 13.0. The van der Waals surface area contributed by atoms with Crippen LogP contribution in [0.5, 0.6) is 11.5 Å². The molecular weight excluding hydrogens is 319 g/mol. The number of hydrogen-bond acceptors (Lipinski definition) is 3. The van der Waals surface area contributed by atoms with E-state index in [4.69, 9.17) is 0 Å². The number of benzene rings is 3. The zero-order valence-corrected chi connectivity index (χ0v) is 13.3. The average molecular weight is 334 g/mol. The Balaban J connectivity index is 1.77. The van der Waals surface area contributed by atoms with Crippen molar-refractivity contribution < 1.29 is 19.4 Å². The number of carbonyl (C=O) groups is 1. The van der Waals surface area contributed by atoms with E-state index in [1.807, 2.05) is 6.07 Å². The second-order valence-corrected chi connectivity index (χ2v) is 6.23. The molecule has 0 heterocycles. The number of aromatic hydroxyl groups is 2. The first kappa shape index (κ1) is 15.4. The molecule has 0 fully saturated rings. The molecule has 2 N–H and O–H groups in total. The van der Waals surface area contributed by atoms with Gasteiger partial charge in [-0.1, -0.05) is 36.4 Å². The summed E-state index contributed by atoms with van der Waals surface area (Å²) in [5, 5.41) is 20.7. The van der Waals surface area contributed by atoms with Crippen molar-refractivity contribution in [2.75, 3.05) is 0 Å². The zero-order valence-electron chi connectivity index (χ0n) is 13.3. The monoisotopic (exact) mass is 334 g/mol. The molecule has 0 bridgehead atoms. The third-order valence-electron chi connectivity index (χ3n) is 4.62. The lowest BCUT2D eigenvalue weighted by Gasteiger charge is -2.21. The van der Waals surface area contributed by atoms with E-state index in [1.165, 1.54) is 18.2 Å². The lowest BCUT2D eigenvalue weighted by molar-refractivity contribution is 0.102. The molecule has 1 aliphatic carbocycles. The van der Waals surface area contributed by atoms with Crippen LogP contribution in [0, 0.1) is 5.82 Å². The number of phenols is 2. The molecule has 0 aliphatic heterocycles. The van der Waals surface area contributed by atoms with Gasteiger partial charge in [-0.05, 0) is 46.9 Å². The molecule has 0 spiro atoms. The van der Waals surface area contributed by atoms with E-state index in [2.05, 4.69) is 0 Å². The first-order chi connectivity index (χ1) is 12.0. The summed E-state index contributed by atoms with van der Waals surface area (Å²) in [6, 6.07) is 14.6.